The van der Waals surface area contributed by atoms with Crippen LogP contribution in [0.4, 0.5) is 10.5 Å². The summed E-state index contributed by atoms with van der Waals surface area (Å²) in [5, 5.41) is 7.59. The van der Waals surface area contributed by atoms with Crippen molar-refractivity contribution >= 4 is 58.6 Å². The molecule has 0 spiro atoms. The maximum Gasteiger partial charge on any atom is 0.407 e. The molecule has 0 saturated carbocycles. The highest BCUT2D eigenvalue weighted by Gasteiger charge is 2.56. The minimum Gasteiger partial charge on any atom is -0.493 e. The van der Waals surface area contributed by atoms with E-state index in [-0.39, 0.29) is 83.9 Å². The second-order valence-corrected chi connectivity index (χ2v) is 23.0. The lowest BCUT2D eigenvalue weighted by Gasteiger charge is -2.53. The number of nitrogens with zero attached hydrogens (tertiary/aromatic N) is 3. The van der Waals surface area contributed by atoms with Gasteiger partial charge < -0.3 is 58.0 Å². The van der Waals surface area contributed by atoms with Crippen molar-refractivity contribution in [1.82, 2.24) is 20.3 Å². The van der Waals surface area contributed by atoms with E-state index in [2.05, 4.69) is 15.6 Å². The van der Waals surface area contributed by atoms with E-state index in [0.29, 0.717) is 38.5 Å². The number of halogens is 2. The Kier molecular flexibility index (Phi) is 22.2. The van der Waals surface area contributed by atoms with Crippen LogP contribution in [0.3, 0.4) is 0 Å². The zero-order valence-electron chi connectivity index (χ0n) is 48.2. The fourth-order valence-corrected chi connectivity index (χ4v) is 11.8. The largest absolute Gasteiger partial charge is 0.493 e. The summed E-state index contributed by atoms with van der Waals surface area (Å²) in [6, 6.07) is 4.39. The van der Waals surface area contributed by atoms with Crippen molar-refractivity contribution in [3.8, 4) is 11.5 Å². The SMILES string of the molecule is CC[C@H]1OC(=O)[C@H](C)[C@@H](OC(=O)CN2CCOCC2)[C@H](C)[C@@H](O[C@@H]2O[C@H](C)C[C@H]3[C@H]2OC(C)(C)ON3C)[C@](C)(OC)C[C@@H](C)C(=O)[C@H](C)[C@@H](C)[C@]1(C)OC(=O)NCCCOc1cc(C(=O)Nc2c(Cl)cncc2Cl)ccc1OC. The van der Waals surface area contributed by atoms with E-state index in [1.54, 1.807) is 65.7 Å². The van der Waals surface area contributed by atoms with Crippen molar-refractivity contribution in [2.75, 3.05) is 72.6 Å². The predicted octanol–water partition coefficient (Wildman–Crippen LogP) is 7.91. The number of carbonyl (C=O) groups is 5. The van der Waals surface area contributed by atoms with Crippen molar-refractivity contribution in [3.63, 3.8) is 0 Å². The second-order valence-electron chi connectivity index (χ2n) is 22.2. The Morgan fingerprint density at radius 1 is 0.937 bits per heavy atom. The number of morpholine rings is 1. The van der Waals surface area contributed by atoms with Gasteiger partial charge in [-0.1, -0.05) is 57.8 Å². The summed E-state index contributed by atoms with van der Waals surface area (Å²) in [5.41, 5.74) is -2.42. The van der Waals surface area contributed by atoms with E-state index < -0.39 is 101 Å². The number of aromatic nitrogens is 1. The Morgan fingerprint density at radius 2 is 1.62 bits per heavy atom. The Labute approximate surface area is 474 Å². The predicted molar refractivity (Wildman–Crippen MR) is 292 cm³/mol. The third kappa shape index (κ3) is 15.6. The van der Waals surface area contributed by atoms with E-state index in [1.807, 2.05) is 39.6 Å². The number of likely N-dealkylation sites (N-methyl/N-ethyl adjacent to an activating group) is 1. The molecule has 0 unspecified atom stereocenters. The molecular formula is C56H83Cl2N5O16. The van der Waals surface area contributed by atoms with E-state index in [0.717, 1.165) is 0 Å². The number of rotatable bonds is 16. The zero-order valence-corrected chi connectivity index (χ0v) is 49.7. The van der Waals surface area contributed by atoms with Gasteiger partial charge in [0.25, 0.3) is 5.91 Å². The summed E-state index contributed by atoms with van der Waals surface area (Å²) in [5.74, 6) is -6.43. The van der Waals surface area contributed by atoms with E-state index in [4.69, 9.17) is 75.4 Å². The summed E-state index contributed by atoms with van der Waals surface area (Å²) < 4.78 is 63.0. The van der Waals surface area contributed by atoms with Crippen molar-refractivity contribution in [1.29, 1.82) is 0 Å². The normalized spacial score (nSPS) is 33.1. The van der Waals surface area contributed by atoms with Gasteiger partial charge in [0, 0.05) is 75.4 Å². The lowest BCUT2D eigenvalue weighted by molar-refractivity contribution is -0.441. The number of ketones is 1. The first-order valence-electron chi connectivity index (χ1n) is 27.3. The highest BCUT2D eigenvalue weighted by atomic mass is 35.5. The third-order valence-corrected chi connectivity index (χ3v) is 16.6. The lowest BCUT2D eigenvalue weighted by Crippen LogP contribution is -2.65. The molecule has 5 heterocycles. The van der Waals surface area contributed by atoms with Crippen LogP contribution >= 0.6 is 23.2 Å². The maximum absolute atomic E-state index is 14.9. The quantitative estimate of drug-likeness (QED) is 0.0924. The van der Waals surface area contributed by atoms with Gasteiger partial charge in [0.05, 0.1) is 79.0 Å². The number of pyridine rings is 1. The van der Waals surface area contributed by atoms with Crippen LogP contribution in [0, 0.1) is 29.6 Å². The van der Waals surface area contributed by atoms with Gasteiger partial charge >= 0.3 is 18.0 Å². The number of benzene rings is 1. The number of nitrogens with one attached hydrogen (secondary N) is 2. The number of cyclic esters (lactones) is 1. The Morgan fingerprint density at radius 3 is 2.27 bits per heavy atom. The van der Waals surface area contributed by atoms with Gasteiger partial charge in [-0.2, -0.15) is 5.06 Å². The van der Waals surface area contributed by atoms with Crippen LogP contribution in [0.5, 0.6) is 11.5 Å². The van der Waals surface area contributed by atoms with Crippen LogP contribution in [0.25, 0.3) is 0 Å². The molecule has 2 aromatic rings. The number of amides is 2. The molecule has 1 aromatic heterocycles. The fourth-order valence-electron chi connectivity index (χ4n) is 11.3. The summed E-state index contributed by atoms with van der Waals surface area (Å²) in [6.45, 7) is 21.8. The van der Waals surface area contributed by atoms with E-state index in [9.17, 15) is 24.0 Å². The Bertz CT molecular complexity index is 2410. The summed E-state index contributed by atoms with van der Waals surface area (Å²) in [7, 11) is 4.86. The molecule has 4 fully saturated rings. The van der Waals surface area contributed by atoms with Crippen LogP contribution in [-0.4, -0.2) is 172 Å². The number of alkyl carbamates (subject to hydrolysis) is 1. The molecule has 4 aliphatic rings. The highest BCUT2D eigenvalue weighted by Crippen LogP contribution is 2.44. The number of methoxy groups -OCH3 is 2. The maximum atomic E-state index is 14.9. The summed E-state index contributed by atoms with van der Waals surface area (Å²) >= 11 is 12.4. The van der Waals surface area contributed by atoms with E-state index in [1.165, 1.54) is 32.7 Å². The topological polar surface area (TPSA) is 230 Å². The third-order valence-electron chi connectivity index (χ3n) is 16.0. The molecule has 0 bridgehead atoms. The van der Waals surface area contributed by atoms with Crippen molar-refractivity contribution in [2.45, 2.75) is 162 Å². The van der Waals surface area contributed by atoms with Gasteiger partial charge in [-0.25, -0.2) is 4.79 Å². The molecule has 6 rings (SSSR count). The van der Waals surface area contributed by atoms with Gasteiger partial charge in [-0.15, -0.1) is 0 Å². The minimum absolute atomic E-state index is 0.0604. The Balaban J connectivity index is 1.25. The standard InChI is InChI=1S/C56H83Cl2N5O16/c1-15-43-56(11,78-53(68)60-19-16-22-72-42-26-37(17-18-41(42)69-13)50(66)61-45-38(57)28-59-29-39(45)58)36(7)33(4)46(65)31(2)27-55(10,70-14)49(76-52-48-40(25-32(3)73-52)62(12)79-54(8,9)77-48)34(5)47(35(6)51(67)74-43)75-44(64)30-63-20-23-71-24-21-63/h17-18,26,28-29,31-36,40,43,47-49,52H,15-16,19-25,27,30H2,1-14H3,(H,60,68)(H,59,61,66)/t31-,32-,33-,34+,35-,36-,40+,43-,47+,48-,49-,52+,55-,56+/m1/s1. The number of hydroxylamine groups is 2. The number of esters is 2. The summed E-state index contributed by atoms with van der Waals surface area (Å²) in [6.07, 6.45) is -2.09. The summed E-state index contributed by atoms with van der Waals surface area (Å²) in [4.78, 5) is 83.2. The molecule has 21 nitrogen and oxygen atoms in total. The van der Waals surface area contributed by atoms with Crippen LogP contribution < -0.4 is 20.1 Å². The number of fused-ring (bicyclic) bond motifs is 1. The van der Waals surface area contributed by atoms with Crippen LogP contribution in [0.15, 0.2) is 30.6 Å². The van der Waals surface area contributed by atoms with Crippen molar-refractivity contribution < 1.29 is 76.2 Å². The number of ether oxygens (including phenoxy) is 10. The smallest absolute Gasteiger partial charge is 0.407 e. The molecule has 79 heavy (non-hydrogen) atoms. The molecular weight excluding hydrogens is 1070 g/mol. The minimum atomic E-state index is -1.58. The zero-order chi connectivity index (χ0) is 58.1. The molecule has 2 amide bonds. The van der Waals surface area contributed by atoms with Gasteiger partial charge in [0.2, 0.25) is 0 Å². The molecule has 4 aliphatic heterocycles. The molecule has 1 aromatic carbocycles. The monoisotopic (exact) mass is 1150 g/mol. The highest BCUT2D eigenvalue weighted by molar-refractivity contribution is 6.39. The van der Waals surface area contributed by atoms with Gasteiger partial charge in [0.1, 0.15) is 24.1 Å². The van der Waals surface area contributed by atoms with Crippen LogP contribution in [0.2, 0.25) is 10.0 Å². The lowest BCUT2D eigenvalue weighted by atomic mass is 9.71. The second kappa shape index (κ2) is 27.6. The molecule has 14 atom stereocenters. The van der Waals surface area contributed by atoms with Crippen molar-refractivity contribution in [3.05, 3.63) is 46.2 Å². The first-order chi connectivity index (χ1) is 37.3. The molecule has 0 aliphatic carbocycles. The first-order valence-corrected chi connectivity index (χ1v) is 28.1. The average Bonchev–Trinajstić information content (AvgIpc) is 3.47. The van der Waals surface area contributed by atoms with Crippen LogP contribution in [0.1, 0.15) is 112 Å². The van der Waals surface area contributed by atoms with Crippen LogP contribution in [-0.2, 0) is 57.1 Å². The van der Waals surface area contributed by atoms with Gasteiger partial charge in [-0.05, 0) is 85.4 Å². The number of carbonyl (C=O) groups excluding carboxylic acids is 5. The van der Waals surface area contributed by atoms with Gasteiger partial charge in [-0.3, -0.25) is 33.9 Å². The molecule has 2 N–H and O–H groups in total. The van der Waals surface area contributed by atoms with Gasteiger partial charge in [0.15, 0.2) is 29.2 Å². The molecule has 4 saturated heterocycles. The molecule has 0 radical (unpaired) electrons. The van der Waals surface area contributed by atoms with E-state index >= 15 is 0 Å². The Hall–Kier alpha value is -4.42. The molecule has 23 heteroatoms. The number of anilines is 1. The number of Topliss-reactive ketones (excluding diaryl/α,β-unsaturated/α-hetero) is 1. The number of hydrogen-bond donors (Lipinski definition) is 2. The number of hydrogen-bond acceptors (Lipinski definition) is 19. The first kappa shape index (κ1) is 63.8. The average molecular weight is 1150 g/mol. The van der Waals surface area contributed by atoms with Crippen molar-refractivity contribution in [2.24, 2.45) is 29.6 Å². The fraction of sp³-hybridized carbons (Fsp3) is 0.714. The molecule has 442 valence electrons.